The fraction of sp³-hybridized carbons (Fsp3) is 0.400. The van der Waals surface area contributed by atoms with E-state index in [0.717, 1.165) is 5.01 Å². The third-order valence-electron chi connectivity index (χ3n) is 1.03. The van der Waals surface area contributed by atoms with Crippen molar-refractivity contribution in [3.05, 3.63) is 11.3 Å². The predicted molar refractivity (Wildman–Crippen MR) is 40.8 cm³/mol. The lowest BCUT2D eigenvalue weighted by atomic mass is 10.5. The first-order valence-corrected chi connectivity index (χ1v) is 3.82. The highest BCUT2D eigenvalue weighted by Gasteiger charge is 1.98. The van der Waals surface area contributed by atoms with Crippen molar-refractivity contribution in [3.63, 3.8) is 0 Å². The smallest absolute Gasteiger partial charge is 0.234 e. The lowest BCUT2D eigenvalue weighted by Gasteiger charge is -1.97. The van der Waals surface area contributed by atoms with E-state index < -0.39 is 0 Å². The highest BCUT2D eigenvalue weighted by Crippen LogP contribution is 1.97. The zero-order chi connectivity index (χ0) is 8.10. The summed E-state index contributed by atoms with van der Waals surface area (Å²) in [4.78, 5) is 14.5. The molecular weight excluding hydrogens is 164 g/mol. The first kappa shape index (κ1) is 8.09. The maximum absolute atomic E-state index is 10.6. The second-order valence-corrected chi connectivity index (χ2v) is 2.68. The Balaban J connectivity index is 2.29. The number of aromatic nitrogens is 2. The van der Waals surface area contributed by atoms with Crippen molar-refractivity contribution in [2.24, 2.45) is 5.73 Å². The Bertz CT molecular complexity index is 222. The molecule has 0 saturated carbocycles. The van der Waals surface area contributed by atoms with E-state index >= 15 is 0 Å². The summed E-state index contributed by atoms with van der Waals surface area (Å²) >= 11 is 1.26. The molecule has 0 aliphatic heterocycles. The normalized spacial score (nSPS) is 9.55. The van der Waals surface area contributed by atoms with Crippen molar-refractivity contribution in [1.82, 2.24) is 14.7 Å². The van der Waals surface area contributed by atoms with Gasteiger partial charge < -0.3 is 11.1 Å². The Labute approximate surface area is 67.8 Å². The molecule has 0 radical (unpaired) electrons. The van der Waals surface area contributed by atoms with E-state index in [1.54, 1.807) is 0 Å². The van der Waals surface area contributed by atoms with E-state index in [1.807, 2.05) is 0 Å². The summed E-state index contributed by atoms with van der Waals surface area (Å²) < 4.78 is 3.77. The fourth-order valence-electron chi connectivity index (χ4n) is 0.520. The van der Waals surface area contributed by atoms with Gasteiger partial charge in [-0.2, -0.15) is 4.37 Å². The number of hydrogen-bond donors (Lipinski definition) is 2. The summed E-state index contributed by atoms with van der Waals surface area (Å²) in [6, 6.07) is 0. The van der Waals surface area contributed by atoms with Gasteiger partial charge in [0.1, 0.15) is 11.3 Å². The Morgan fingerprint density at radius 2 is 2.64 bits per heavy atom. The molecule has 0 aliphatic rings. The average Bonchev–Trinajstić information content (AvgIpc) is 2.52. The van der Waals surface area contributed by atoms with Gasteiger partial charge in [0.15, 0.2) is 0 Å². The molecule has 0 spiro atoms. The van der Waals surface area contributed by atoms with E-state index in [0.29, 0.717) is 6.54 Å². The Hall–Kier alpha value is -1.01. The van der Waals surface area contributed by atoms with Crippen molar-refractivity contribution in [2.45, 2.75) is 6.54 Å². The third kappa shape index (κ3) is 2.60. The largest absolute Gasteiger partial charge is 0.348 e. The Morgan fingerprint density at radius 1 is 1.82 bits per heavy atom. The summed E-state index contributed by atoms with van der Waals surface area (Å²) in [6.07, 6.45) is 1.45. The molecule has 60 valence electrons. The topological polar surface area (TPSA) is 80.9 Å². The summed E-state index contributed by atoms with van der Waals surface area (Å²) in [7, 11) is 0. The van der Waals surface area contributed by atoms with Crippen LogP contribution in [-0.2, 0) is 11.3 Å². The van der Waals surface area contributed by atoms with E-state index in [1.165, 1.54) is 17.9 Å². The quantitative estimate of drug-likeness (QED) is 0.620. The van der Waals surface area contributed by atoms with Gasteiger partial charge in [-0.15, -0.1) is 0 Å². The minimum absolute atomic E-state index is 0.0127. The Kier molecular flexibility index (Phi) is 2.94. The number of hydrogen-bond acceptors (Lipinski definition) is 5. The standard InChI is InChI=1S/C5H8N4OS/c6-1-4(10)7-2-5-8-3-9-11-5/h3H,1-2,6H2,(H,7,10). The highest BCUT2D eigenvalue weighted by atomic mass is 32.1. The van der Waals surface area contributed by atoms with Crippen molar-refractivity contribution >= 4 is 17.4 Å². The minimum atomic E-state index is -0.180. The van der Waals surface area contributed by atoms with E-state index in [-0.39, 0.29) is 12.5 Å². The monoisotopic (exact) mass is 172 g/mol. The molecule has 1 heterocycles. The van der Waals surface area contributed by atoms with Gasteiger partial charge in [0, 0.05) is 0 Å². The number of nitrogens with two attached hydrogens (primary N) is 1. The summed E-state index contributed by atoms with van der Waals surface area (Å²) in [6.45, 7) is 0.430. The van der Waals surface area contributed by atoms with E-state index in [9.17, 15) is 4.79 Å². The molecular formula is C5H8N4OS. The molecule has 1 amide bonds. The van der Waals surface area contributed by atoms with Crippen molar-refractivity contribution in [1.29, 1.82) is 0 Å². The van der Waals surface area contributed by atoms with Crippen LogP contribution in [-0.4, -0.2) is 21.8 Å². The molecule has 3 N–H and O–H groups in total. The van der Waals surface area contributed by atoms with Crippen molar-refractivity contribution in [3.8, 4) is 0 Å². The van der Waals surface area contributed by atoms with Gasteiger partial charge in [-0.05, 0) is 11.5 Å². The molecule has 1 rings (SSSR count). The number of amides is 1. The number of nitrogens with zero attached hydrogens (tertiary/aromatic N) is 2. The zero-order valence-electron chi connectivity index (χ0n) is 5.78. The van der Waals surface area contributed by atoms with E-state index in [4.69, 9.17) is 5.73 Å². The van der Waals surface area contributed by atoms with E-state index in [2.05, 4.69) is 14.7 Å². The second-order valence-electron chi connectivity index (χ2n) is 1.82. The summed E-state index contributed by atoms with van der Waals surface area (Å²) in [5.74, 6) is -0.180. The maximum Gasteiger partial charge on any atom is 0.234 e. The van der Waals surface area contributed by atoms with Gasteiger partial charge in [-0.3, -0.25) is 4.79 Å². The number of rotatable bonds is 3. The molecule has 0 atom stereocenters. The van der Waals surface area contributed by atoms with Gasteiger partial charge >= 0.3 is 0 Å². The van der Waals surface area contributed by atoms with Crippen molar-refractivity contribution in [2.75, 3.05) is 6.54 Å². The number of nitrogens with one attached hydrogen (secondary N) is 1. The molecule has 11 heavy (non-hydrogen) atoms. The van der Waals surface area contributed by atoms with Gasteiger partial charge in [-0.25, -0.2) is 4.98 Å². The van der Waals surface area contributed by atoms with Gasteiger partial charge in [0.25, 0.3) is 0 Å². The lowest BCUT2D eigenvalue weighted by molar-refractivity contribution is -0.119. The van der Waals surface area contributed by atoms with Crippen LogP contribution in [0.25, 0.3) is 0 Å². The highest BCUT2D eigenvalue weighted by molar-refractivity contribution is 7.05. The molecule has 0 unspecified atom stereocenters. The Morgan fingerprint density at radius 3 is 3.18 bits per heavy atom. The predicted octanol–water partition coefficient (Wildman–Crippen LogP) is -0.887. The maximum atomic E-state index is 10.6. The average molecular weight is 172 g/mol. The van der Waals surface area contributed by atoms with Gasteiger partial charge in [-0.1, -0.05) is 0 Å². The molecule has 6 heteroatoms. The molecule has 0 aromatic carbocycles. The first-order chi connectivity index (χ1) is 5.33. The van der Waals surface area contributed by atoms with Crippen LogP contribution in [0.2, 0.25) is 0 Å². The molecule has 0 fully saturated rings. The minimum Gasteiger partial charge on any atom is -0.348 e. The molecule has 1 aromatic heterocycles. The molecule has 0 aliphatic carbocycles. The number of carbonyl (C=O) groups excluding carboxylic acids is 1. The van der Waals surface area contributed by atoms with Crippen LogP contribution in [0.4, 0.5) is 0 Å². The van der Waals surface area contributed by atoms with Gasteiger partial charge in [0.05, 0.1) is 13.1 Å². The summed E-state index contributed by atoms with van der Waals surface area (Å²) in [5.41, 5.74) is 5.07. The molecule has 1 aromatic rings. The third-order valence-corrected chi connectivity index (χ3v) is 1.69. The SMILES string of the molecule is NCC(=O)NCc1ncns1. The van der Waals surface area contributed by atoms with Crippen LogP contribution in [0.1, 0.15) is 5.01 Å². The van der Waals surface area contributed by atoms with Crippen LogP contribution in [0, 0.1) is 0 Å². The van der Waals surface area contributed by atoms with Crippen LogP contribution in [0.15, 0.2) is 6.33 Å². The number of carbonyl (C=O) groups is 1. The van der Waals surface area contributed by atoms with Gasteiger partial charge in [0.2, 0.25) is 5.91 Å². The lowest BCUT2D eigenvalue weighted by Crippen LogP contribution is -2.29. The second kappa shape index (κ2) is 3.99. The fourth-order valence-corrected chi connectivity index (χ4v) is 0.967. The van der Waals surface area contributed by atoms with Crippen LogP contribution >= 0.6 is 11.5 Å². The molecule has 0 bridgehead atoms. The van der Waals surface area contributed by atoms with Crippen LogP contribution in [0.3, 0.4) is 0 Å². The summed E-state index contributed by atoms with van der Waals surface area (Å²) in [5, 5.41) is 3.36. The molecule has 0 saturated heterocycles. The zero-order valence-corrected chi connectivity index (χ0v) is 6.60. The van der Waals surface area contributed by atoms with Crippen LogP contribution in [0.5, 0.6) is 0 Å². The first-order valence-electron chi connectivity index (χ1n) is 3.05. The molecule has 5 nitrogen and oxygen atoms in total. The van der Waals surface area contributed by atoms with Crippen molar-refractivity contribution < 1.29 is 4.79 Å². The van der Waals surface area contributed by atoms with Crippen LogP contribution < -0.4 is 11.1 Å².